The zero-order valence-corrected chi connectivity index (χ0v) is 12.3. The molecule has 21 heavy (non-hydrogen) atoms. The summed E-state index contributed by atoms with van der Waals surface area (Å²) in [4.78, 5) is 22.6. The lowest BCUT2D eigenvalue weighted by Gasteiger charge is -2.30. The normalized spacial score (nSPS) is 17.3. The molecule has 3 N–H and O–H groups in total. The van der Waals surface area contributed by atoms with Gasteiger partial charge in [0.05, 0.1) is 6.42 Å². The standard InChI is InChI=1S/C16H22N2O3/c1-2-5-13(9-15(19)20)18-16(21)17-10-12-8-11-6-3-4-7-14(11)12/h3-4,6-7,12-13H,2,5,8-10H2,1H3,(H,19,20)(H2,17,18,21). The third-order valence-corrected chi connectivity index (χ3v) is 3.86. The molecule has 1 aliphatic rings. The van der Waals surface area contributed by atoms with E-state index < -0.39 is 5.97 Å². The SMILES string of the molecule is CCCC(CC(=O)O)NC(=O)NCC1Cc2ccccc21. The molecule has 0 fully saturated rings. The molecule has 5 heteroatoms. The summed E-state index contributed by atoms with van der Waals surface area (Å²) in [6.45, 7) is 2.56. The Balaban J connectivity index is 1.76. The molecule has 5 nitrogen and oxygen atoms in total. The number of rotatable bonds is 7. The Morgan fingerprint density at radius 2 is 2.14 bits per heavy atom. The summed E-state index contributed by atoms with van der Waals surface area (Å²) in [5, 5.41) is 14.4. The van der Waals surface area contributed by atoms with E-state index in [9.17, 15) is 9.59 Å². The number of carbonyl (C=O) groups is 2. The van der Waals surface area contributed by atoms with Crippen LogP contribution >= 0.6 is 0 Å². The summed E-state index contributed by atoms with van der Waals surface area (Å²) in [6, 6.07) is 7.65. The molecule has 114 valence electrons. The van der Waals surface area contributed by atoms with Gasteiger partial charge in [-0.1, -0.05) is 37.6 Å². The lowest BCUT2D eigenvalue weighted by Crippen LogP contribution is -2.45. The van der Waals surface area contributed by atoms with E-state index in [1.54, 1.807) is 0 Å². The summed E-state index contributed by atoms with van der Waals surface area (Å²) in [5.41, 5.74) is 2.65. The van der Waals surface area contributed by atoms with Gasteiger partial charge >= 0.3 is 12.0 Å². The number of aliphatic carboxylic acids is 1. The third kappa shape index (κ3) is 4.21. The Morgan fingerprint density at radius 1 is 1.38 bits per heavy atom. The van der Waals surface area contributed by atoms with Gasteiger partial charge < -0.3 is 15.7 Å². The molecule has 1 aromatic rings. The van der Waals surface area contributed by atoms with Gasteiger partial charge in [0.25, 0.3) is 0 Å². The second-order valence-corrected chi connectivity index (χ2v) is 5.54. The fourth-order valence-electron chi connectivity index (χ4n) is 2.78. The monoisotopic (exact) mass is 290 g/mol. The predicted octanol–water partition coefficient (Wildman–Crippen LogP) is 2.27. The molecule has 1 aliphatic carbocycles. The number of carbonyl (C=O) groups excluding carboxylic acids is 1. The predicted molar refractivity (Wildman–Crippen MR) is 80.4 cm³/mol. The molecule has 0 spiro atoms. The van der Waals surface area contributed by atoms with Crippen LogP contribution in [0.25, 0.3) is 0 Å². The largest absolute Gasteiger partial charge is 0.481 e. The lowest BCUT2D eigenvalue weighted by molar-refractivity contribution is -0.137. The first-order valence-electron chi connectivity index (χ1n) is 7.44. The highest BCUT2D eigenvalue weighted by Gasteiger charge is 2.25. The zero-order valence-electron chi connectivity index (χ0n) is 12.3. The minimum Gasteiger partial charge on any atom is -0.481 e. The molecular weight excluding hydrogens is 268 g/mol. The van der Waals surface area contributed by atoms with Crippen molar-refractivity contribution in [2.75, 3.05) is 6.54 Å². The minimum atomic E-state index is -0.887. The van der Waals surface area contributed by atoms with Crippen LogP contribution in [-0.4, -0.2) is 29.7 Å². The van der Waals surface area contributed by atoms with Crippen molar-refractivity contribution in [3.63, 3.8) is 0 Å². The van der Waals surface area contributed by atoms with Gasteiger partial charge in [0, 0.05) is 18.5 Å². The van der Waals surface area contributed by atoms with Crippen molar-refractivity contribution in [1.29, 1.82) is 0 Å². The van der Waals surface area contributed by atoms with Crippen molar-refractivity contribution >= 4 is 12.0 Å². The van der Waals surface area contributed by atoms with E-state index in [1.807, 2.05) is 19.1 Å². The quantitative estimate of drug-likeness (QED) is 0.721. The van der Waals surface area contributed by atoms with Crippen LogP contribution in [0.2, 0.25) is 0 Å². The molecule has 0 bridgehead atoms. The average molecular weight is 290 g/mol. The summed E-state index contributed by atoms with van der Waals surface area (Å²) in [7, 11) is 0. The van der Waals surface area contributed by atoms with Crippen molar-refractivity contribution in [2.24, 2.45) is 0 Å². The third-order valence-electron chi connectivity index (χ3n) is 3.86. The molecule has 2 atom stereocenters. The molecule has 0 aromatic heterocycles. The Morgan fingerprint density at radius 3 is 2.81 bits per heavy atom. The summed E-state index contributed by atoms with van der Waals surface area (Å²) >= 11 is 0. The van der Waals surface area contributed by atoms with Crippen LogP contribution in [0.1, 0.15) is 43.2 Å². The number of urea groups is 1. The summed E-state index contributed by atoms with van der Waals surface area (Å²) in [5.74, 6) is -0.516. The van der Waals surface area contributed by atoms with Gasteiger partial charge in [-0.15, -0.1) is 0 Å². The smallest absolute Gasteiger partial charge is 0.315 e. The molecule has 0 heterocycles. The number of hydrogen-bond acceptors (Lipinski definition) is 2. The fraction of sp³-hybridized carbons (Fsp3) is 0.500. The number of fused-ring (bicyclic) bond motifs is 1. The van der Waals surface area contributed by atoms with Crippen LogP contribution in [0.3, 0.4) is 0 Å². The first-order chi connectivity index (χ1) is 10.1. The van der Waals surface area contributed by atoms with E-state index in [4.69, 9.17) is 5.11 Å². The second kappa shape index (κ2) is 7.11. The molecule has 0 aliphatic heterocycles. The zero-order chi connectivity index (χ0) is 15.2. The molecule has 2 unspecified atom stereocenters. The Bertz CT molecular complexity index is 516. The second-order valence-electron chi connectivity index (χ2n) is 5.54. The highest BCUT2D eigenvalue weighted by atomic mass is 16.4. The molecule has 0 saturated carbocycles. The van der Waals surface area contributed by atoms with Crippen LogP contribution in [0.4, 0.5) is 4.79 Å². The van der Waals surface area contributed by atoms with Gasteiger partial charge in [0.1, 0.15) is 0 Å². The molecule has 1 aromatic carbocycles. The first kappa shape index (κ1) is 15.4. The highest BCUT2D eigenvalue weighted by Crippen LogP contribution is 2.33. The van der Waals surface area contributed by atoms with Crippen molar-refractivity contribution < 1.29 is 14.7 Å². The number of amides is 2. The first-order valence-corrected chi connectivity index (χ1v) is 7.44. The van der Waals surface area contributed by atoms with Gasteiger partial charge in [-0.05, 0) is 24.0 Å². The average Bonchev–Trinajstić information content (AvgIpc) is 2.39. The Kier molecular flexibility index (Phi) is 5.20. The fourth-order valence-corrected chi connectivity index (χ4v) is 2.78. The highest BCUT2D eigenvalue weighted by molar-refractivity contribution is 5.75. The van der Waals surface area contributed by atoms with Crippen LogP contribution < -0.4 is 10.6 Å². The van der Waals surface area contributed by atoms with E-state index in [2.05, 4.69) is 22.8 Å². The van der Waals surface area contributed by atoms with Crippen molar-refractivity contribution in [3.05, 3.63) is 35.4 Å². The van der Waals surface area contributed by atoms with E-state index in [0.29, 0.717) is 18.9 Å². The maximum atomic E-state index is 11.9. The maximum Gasteiger partial charge on any atom is 0.315 e. The van der Waals surface area contributed by atoms with Gasteiger partial charge in [0.15, 0.2) is 0 Å². The summed E-state index contributed by atoms with van der Waals surface area (Å²) < 4.78 is 0. The Hall–Kier alpha value is -2.04. The van der Waals surface area contributed by atoms with Gasteiger partial charge in [0.2, 0.25) is 0 Å². The van der Waals surface area contributed by atoms with Crippen LogP contribution in [0.15, 0.2) is 24.3 Å². The minimum absolute atomic E-state index is 0.0342. The van der Waals surface area contributed by atoms with E-state index in [1.165, 1.54) is 11.1 Å². The number of nitrogens with one attached hydrogen (secondary N) is 2. The van der Waals surface area contributed by atoms with Crippen LogP contribution in [0, 0.1) is 0 Å². The van der Waals surface area contributed by atoms with Crippen molar-refractivity contribution in [1.82, 2.24) is 10.6 Å². The molecule has 2 rings (SSSR count). The topological polar surface area (TPSA) is 78.4 Å². The van der Waals surface area contributed by atoms with Crippen molar-refractivity contribution in [3.8, 4) is 0 Å². The molecular formula is C16H22N2O3. The van der Waals surface area contributed by atoms with Crippen LogP contribution in [0.5, 0.6) is 0 Å². The van der Waals surface area contributed by atoms with E-state index in [-0.39, 0.29) is 18.5 Å². The molecule has 0 radical (unpaired) electrons. The molecule has 2 amide bonds. The summed E-state index contributed by atoms with van der Waals surface area (Å²) in [6.07, 6.45) is 2.47. The van der Waals surface area contributed by atoms with E-state index in [0.717, 1.165) is 12.8 Å². The van der Waals surface area contributed by atoms with Gasteiger partial charge in [-0.2, -0.15) is 0 Å². The van der Waals surface area contributed by atoms with Gasteiger partial charge in [-0.25, -0.2) is 4.79 Å². The van der Waals surface area contributed by atoms with Crippen LogP contribution in [-0.2, 0) is 11.2 Å². The van der Waals surface area contributed by atoms with Gasteiger partial charge in [-0.3, -0.25) is 4.79 Å². The number of benzene rings is 1. The Labute approximate surface area is 124 Å². The molecule has 0 saturated heterocycles. The lowest BCUT2D eigenvalue weighted by atomic mass is 9.78. The van der Waals surface area contributed by atoms with E-state index >= 15 is 0 Å². The number of carboxylic acids is 1. The van der Waals surface area contributed by atoms with Crippen molar-refractivity contribution in [2.45, 2.75) is 44.6 Å². The number of hydrogen-bond donors (Lipinski definition) is 3. The maximum absolute atomic E-state index is 11.9. The number of carboxylic acid groups (broad SMARTS) is 1.